The van der Waals surface area contributed by atoms with Gasteiger partial charge in [-0.1, -0.05) is 6.08 Å². The number of hydrogen-bond donors (Lipinski definition) is 1. The minimum atomic E-state index is -1.01. The molecule has 0 bridgehead atoms. The van der Waals surface area contributed by atoms with E-state index >= 15 is 0 Å². The summed E-state index contributed by atoms with van der Waals surface area (Å²) < 4.78 is 5.31. The number of allylic oxidation sites excluding steroid dienone is 1. The molecule has 0 spiro atoms. The van der Waals surface area contributed by atoms with Gasteiger partial charge in [0.25, 0.3) is 0 Å². The summed E-state index contributed by atoms with van der Waals surface area (Å²) in [5.74, 6) is -0.506. The summed E-state index contributed by atoms with van der Waals surface area (Å²) in [7, 11) is 0. The van der Waals surface area contributed by atoms with E-state index in [0.29, 0.717) is 11.3 Å². The van der Waals surface area contributed by atoms with E-state index in [1.54, 1.807) is 23.9 Å². The predicted molar refractivity (Wildman–Crippen MR) is 101 cm³/mol. The van der Waals surface area contributed by atoms with Crippen LogP contribution < -0.4 is 4.74 Å². The number of ether oxygens (including phenoxy) is 1. The molecule has 2 aromatic carbocycles. The molecule has 0 heterocycles. The van der Waals surface area contributed by atoms with Gasteiger partial charge in [-0.2, -0.15) is 0 Å². The molecule has 25 heavy (non-hydrogen) atoms. The van der Waals surface area contributed by atoms with Gasteiger partial charge in [0.1, 0.15) is 5.75 Å². The van der Waals surface area contributed by atoms with Crippen molar-refractivity contribution in [1.82, 2.24) is 0 Å². The SMILES string of the molecule is CSc1ccc(C(=O)/C=C/c2cc(C)c(OCC(=O)O)c(C)c2)cc1. The van der Waals surface area contributed by atoms with Crippen LogP contribution in [0.5, 0.6) is 5.75 Å². The van der Waals surface area contributed by atoms with Crippen LogP contribution in [0.3, 0.4) is 0 Å². The van der Waals surface area contributed by atoms with Gasteiger partial charge in [-0.05, 0) is 79.3 Å². The van der Waals surface area contributed by atoms with Gasteiger partial charge in [-0.3, -0.25) is 4.79 Å². The highest BCUT2D eigenvalue weighted by Crippen LogP contribution is 2.25. The lowest BCUT2D eigenvalue weighted by Crippen LogP contribution is -2.11. The van der Waals surface area contributed by atoms with E-state index in [2.05, 4.69) is 0 Å². The zero-order chi connectivity index (χ0) is 18.4. The zero-order valence-electron chi connectivity index (χ0n) is 14.4. The van der Waals surface area contributed by atoms with Crippen molar-refractivity contribution in [1.29, 1.82) is 0 Å². The van der Waals surface area contributed by atoms with E-state index in [1.165, 1.54) is 0 Å². The summed E-state index contributed by atoms with van der Waals surface area (Å²) in [6.07, 6.45) is 5.29. The van der Waals surface area contributed by atoms with Gasteiger partial charge in [0.15, 0.2) is 12.4 Å². The first-order valence-electron chi connectivity index (χ1n) is 7.73. The van der Waals surface area contributed by atoms with Crippen molar-refractivity contribution in [3.05, 3.63) is 64.7 Å². The number of benzene rings is 2. The second-order valence-corrected chi connectivity index (χ2v) is 6.47. The maximum Gasteiger partial charge on any atom is 0.341 e. The molecular formula is C20H20O4S. The molecule has 1 N–H and O–H groups in total. The van der Waals surface area contributed by atoms with Crippen LogP contribution >= 0.6 is 11.8 Å². The van der Waals surface area contributed by atoms with Crippen molar-refractivity contribution in [2.75, 3.05) is 12.9 Å². The highest BCUT2D eigenvalue weighted by atomic mass is 32.2. The van der Waals surface area contributed by atoms with Crippen LogP contribution in [-0.2, 0) is 4.79 Å². The molecule has 0 aliphatic heterocycles. The molecule has 0 aliphatic rings. The van der Waals surface area contributed by atoms with Gasteiger partial charge >= 0.3 is 5.97 Å². The normalized spacial score (nSPS) is 10.8. The lowest BCUT2D eigenvalue weighted by atomic mass is 10.0. The predicted octanol–water partition coefficient (Wildman–Crippen LogP) is 4.38. The molecule has 0 radical (unpaired) electrons. The van der Waals surface area contributed by atoms with Crippen molar-refractivity contribution < 1.29 is 19.4 Å². The Labute approximate surface area is 151 Å². The van der Waals surface area contributed by atoms with Crippen LogP contribution in [0.1, 0.15) is 27.0 Å². The topological polar surface area (TPSA) is 63.6 Å². The fourth-order valence-corrected chi connectivity index (χ4v) is 2.87. The van der Waals surface area contributed by atoms with Crippen LogP contribution in [0, 0.1) is 13.8 Å². The molecule has 130 valence electrons. The third kappa shape index (κ3) is 5.22. The molecule has 4 nitrogen and oxygen atoms in total. The average molecular weight is 356 g/mol. The maximum atomic E-state index is 12.2. The van der Waals surface area contributed by atoms with Crippen molar-refractivity contribution in [3.63, 3.8) is 0 Å². The third-order valence-corrected chi connectivity index (χ3v) is 4.37. The highest BCUT2D eigenvalue weighted by Gasteiger charge is 2.08. The van der Waals surface area contributed by atoms with E-state index in [4.69, 9.17) is 9.84 Å². The smallest absolute Gasteiger partial charge is 0.341 e. The Bertz CT molecular complexity index is 784. The quantitative estimate of drug-likeness (QED) is 0.453. The largest absolute Gasteiger partial charge is 0.481 e. The Balaban J connectivity index is 2.14. The summed E-state index contributed by atoms with van der Waals surface area (Å²) in [5.41, 5.74) is 3.17. The van der Waals surface area contributed by atoms with Gasteiger partial charge in [0, 0.05) is 10.5 Å². The van der Waals surface area contributed by atoms with Crippen LogP contribution in [0.2, 0.25) is 0 Å². The fraction of sp³-hybridized carbons (Fsp3) is 0.200. The number of hydrogen-bond acceptors (Lipinski definition) is 4. The Morgan fingerprint density at radius 3 is 2.24 bits per heavy atom. The zero-order valence-corrected chi connectivity index (χ0v) is 15.2. The lowest BCUT2D eigenvalue weighted by Gasteiger charge is -2.11. The number of aliphatic carboxylic acids is 1. The Morgan fingerprint density at radius 1 is 1.12 bits per heavy atom. The molecule has 0 saturated heterocycles. The van der Waals surface area contributed by atoms with Crippen LogP contribution in [0.25, 0.3) is 6.08 Å². The first kappa shape index (κ1) is 18.8. The highest BCUT2D eigenvalue weighted by molar-refractivity contribution is 7.98. The van der Waals surface area contributed by atoms with Gasteiger partial charge in [0.2, 0.25) is 0 Å². The molecule has 0 unspecified atom stereocenters. The lowest BCUT2D eigenvalue weighted by molar-refractivity contribution is -0.139. The van der Waals surface area contributed by atoms with Crippen molar-refractivity contribution in [2.45, 2.75) is 18.7 Å². The Hall–Kier alpha value is -2.53. The molecule has 0 atom stereocenters. The fourth-order valence-electron chi connectivity index (χ4n) is 2.46. The van der Waals surface area contributed by atoms with E-state index < -0.39 is 5.97 Å². The molecular weight excluding hydrogens is 336 g/mol. The number of carbonyl (C=O) groups excluding carboxylic acids is 1. The van der Waals surface area contributed by atoms with Crippen LogP contribution in [0.15, 0.2) is 47.4 Å². The van der Waals surface area contributed by atoms with Crippen molar-refractivity contribution >= 4 is 29.6 Å². The number of thioether (sulfide) groups is 1. The number of ketones is 1. The van der Waals surface area contributed by atoms with Crippen molar-refractivity contribution in [2.24, 2.45) is 0 Å². The number of carboxylic acid groups (broad SMARTS) is 1. The maximum absolute atomic E-state index is 12.2. The molecule has 5 heteroatoms. The van der Waals surface area contributed by atoms with Gasteiger partial charge < -0.3 is 9.84 Å². The first-order valence-corrected chi connectivity index (χ1v) is 8.95. The van der Waals surface area contributed by atoms with E-state index in [0.717, 1.165) is 21.6 Å². The molecule has 0 aliphatic carbocycles. The minimum Gasteiger partial charge on any atom is -0.481 e. The van der Waals surface area contributed by atoms with Crippen molar-refractivity contribution in [3.8, 4) is 5.75 Å². The number of rotatable bonds is 7. The number of carbonyl (C=O) groups is 2. The van der Waals surface area contributed by atoms with Crippen LogP contribution in [0.4, 0.5) is 0 Å². The monoisotopic (exact) mass is 356 g/mol. The first-order chi connectivity index (χ1) is 11.9. The molecule has 0 fully saturated rings. The summed E-state index contributed by atoms with van der Waals surface area (Å²) in [4.78, 5) is 24.0. The van der Waals surface area contributed by atoms with E-state index in [9.17, 15) is 9.59 Å². The summed E-state index contributed by atoms with van der Waals surface area (Å²) in [6, 6.07) is 11.2. The third-order valence-electron chi connectivity index (χ3n) is 3.62. The minimum absolute atomic E-state index is 0.0610. The molecule has 2 aromatic rings. The molecule has 0 saturated carbocycles. The Kier molecular flexibility index (Phi) is 6.42. The molecule has 0 aromatic heterocycles. The average Bonchev–Trinajstić information content (AvgIpc) is 2.58. The molecule has 0 amide bonds. The summed E-state index contributed by atoms with van der Waals surface area (Å²) in [5, 5.41) is 8.72. The Morgan fingerprint density at radius 2 is 1.72 bits per heavy atom. The van der Waals surface area contributed by atoms with Gasteiger partial charge in [0.05, 0.1) is 0 Å². The second-order valence-electron chi connectivity index (χ2n) is 5.59. The van der Waals surface area contributed by atoms with Crippen LogP contribution in [-0.4, -0.2) is 29.7 Å². The molecule has 2 rings (SSSR count). The van der Waals surface area contributed by atoms with E-state index in [1.807, 2.05) is 56.5 Å². The van der Waals surface area contributed by atoms with Gasteiger partial charge in [-0.25, -0.2) is 4.79 Å². The summed E-state index contributed by atoms with van der Waals surface area (Å²) in [6.45, 7) is 3.33. The summed E-state index contributed by atoms with van der Waals surface area (Å²) >= 11 is 1.63. The standard InChI is InChI=1S/C20H20O4S/c1-13-10-15(11-14(2)20(13)24-12-19(22)23)4-9-18(21)16-5-7-17(25-3)8-6-16/h4-11H,12H2,1-3H3,(H,22,23)/b9-4+. The second kappa shape index (κ2) is 8.53. The van der Waals surface area contributed by atoms with E-state index in [-0.39, 0.29) is 12.4 Å². The number of carboxylic acids is 1. The van der Waals surface area contributed by atoms with Gasteiger partial charge in [-0.15, -0.1) is 11.8 Å². The number of aryl methyl sites for hydroxylation is 2.